The first-order valence-corrected chi connectivity index (χ1v) is 23.4. The maximum Gasteiger partial charge on any atom is 0.169 e. The molecule has 5 fully saturated rings. The second-order valence-electron chi connectivity index (χ2n) is 20.3. The zero-order chi connectivity index (χ0) is 42.8. The quantitative estimate of drug-likeness (QED) is 0.0457. The number of imidazole rings is 1. The van der Waals surface area contributed by atoms with Gasteiger partial charge in [-0.1, -0.05) is 85.3 Å². The number of allylic oxidation sites excluding steroid dienone is 3. The molecule has 7 aliphatic rings. The van der Waals surface area contributed by atoms with Gasteiger partial charge >= 0.3 is 0 Å². The Morgan fingerprint density at radius 1 is 0.762 bits per heavy atom. The SMILES string of the molecule is Oc1ccc(C=Cc2c(CCc3ccc(C4CCC5CC6CCCC67C6C=CC8CCC9C=CC(O)C(C98C6)C7(c6cnc[nH]6)C5N4)cc3)c(O)c(O)c3c(O)cccc23)cc1O. The molecule has 0 amide bonds. The fourth-order valence-corrected chi connectivity index (χ4v) is 16.1. The molecule has 5 aromatic rings. The average molecular weight is 844 g/mol. The fourth-order valence-electron chi connectivity index (χ4n) is 16.1. The Bertz CT molecular complexity index is 2710. The van der Waals surface area contributed by atoms with Crippen LogP contribution >= 0.6 is 0 Å². The molecule has 9 nitrogen and oxygen atoms in total. The third-order valence-corrected chi connectivity index (χ3v) is 18.2. The van der Waals surface area contributed by atoms with Gasteiger partial charge in [-0.3, -0.25) is 0 Å². The number of aromatic hydroxyl groups is 5. The minimum atomic E-state index is -0.511. The molecule has 2 heterocycles. The van der Waals surface area contributed by atoms with Gasteiger partial charge in [-0.05, 0) is 150 Å². The number of aromatic nitrogens is 2. The van der Waals surface area contributed by atoms with E-state index < -0.39 is 6.10 Å². The highest BCUT2D eigenvalue weighted by Gasteiger charge is 2.80. The second-order valence-corrected chi connectivity index (χ2v) is 20.3. The average Bonchev–Trinajstić information content (AvgIpc) is 4.07. The lowest BCUT2D eigenvalue weighted by Crippen LogP contribution is -2.79. The molecule has 2 bridgehead atoms. The van der Waals surface area contributed by atoms with Crippen LogP contribution in [0.1, 0.15) is 97.3 Å². The van der Waals surface area contributed by atoms with Gasteiger partial charge in [0.25, 0.3) is 0 Å². The Hall–Kier alpha value is -5.51. The van der Waals surface area contributed by atoms with Crippen LogP contribution < -0.4 is 5.32 Å². The highest BCUT2D eigenvalue weighted by molar-refractivity contribution is 6.03. The van der Waals surface area contributed by atoms with E-state index in [4.69, 9.17) is 4.98 Å². The van der Waals surface area contributed by atoms with Crippen molar-refractivity contribution in [2.75, 3.05) is 0 Å². The van der Waals surface area contributed by atoms with E-state index in [1.807, 2.05) is 18.5 Å². The van der Waals surface area contributed by atoms with Crippen molar-refractivity contribution in [2.45, 2.75) is 94.2 Å². The van der Waals surface area contributed by atoms with E-state index in [0.717, 1.165) is 18.4 Å². The smallest absolute Gasteiger partial charge is 0.169 e. The minimum Gasteiger partial charge on any atom is -0.507 e. The molecule has 4 aromatic carbocycles. The third kappa shape index (κ3) is 5.32. The Kier molecular flexibility index (Phi) is 8.84. The first kappa shape index (κ1) is 39.1. The molecule has 63 heavy (non-hydrogen) atoms. The van der Waals surface area contributed by atoms with Crippen molar-refractivity contribution in [3.05, 3.63) is 131 Å². The third-order valence-electron chi connectivity index (χ3n) is 18.2. The molecule has 0 radical (unpaired) electrons. The van der Waals surface area contributed by atoms with Gasteiger partial charge in [-0.25, -0.2) is 4.98 Å². The van der Waals surface area contributed by atoms with Gasteiger partial charge in [-0.2, -0.15) is 0 Å². The van der Waals surface area contributed by atoms with Crippen LogP contribution in [0.15, 0.2) is 97.5 Å². The maximum atomic E-state index is 12.6. The Morgan fingerprint density at radius 3 is 2.37 bits per heavy atom. The Morgan fingerprint density at radius 2 is 1.57 bits per heavy atom. The maximum absolute atomic E-state index is 12.6. The zero-order valence-corrected chi connectivity index (χ0v) is 35.5. The van der Waals surface area contributed by atoms with Crippen LogP contribution in [0.4, 0.5) is 0 Å². The van der Waals surface area contributed by atoms with Crippen LogP contribution in [0.5, 0.6) is 28.7 Å². The number of H-pyrrole nitrogens is 1. The summed E-state index contributed by atoms with van der Waals surface area (Å²) < 4.78 is 0. The number of aliphatic hydroxyl groups excluding tert-OH is 1. The van der Waals surface area contributed by atoms with Gasteiger partial charge in [0.05, 0.1) is 17.8 Å². The van der Waals surface area contributed by atoms with Gasteiger partial charge in [-0.15, -0.1) is 0 Å². The number of hydrogen-bond donors (Lipinski definition) is 8. The number of nitrogens with zero attached hydrogens (tertiary/aromatic N) is 1. The number of nitrogens with one attached hydrogen (secondary N) is 2. The number of aryl methyl sites for hydroxylation is 1. The van der Waals surface area contributed by atoms with E-state index in [0.29, 0.717) is 64.5 Å². The van der Waals surface area contributed by atoms with Crippen molar-refractivity contribution in [2.24, 2.45) is 46.3 Å². The fraction of sp³-hybridized carbons (Fsp3) is 0.426. The van der Waals surface area contributed by atoms with E-state index in [9.17, 15) is 30.6 Å². The number of hydrogen-bond acceptors (Lipinski definition) is 8. The van der Waals surface area contributed by atoms with Crippen molar-refractivity contribution >= 4 is 22.9 Å². The van der Waals surface area contributed by atoms with Crippen LogP contribution in [0.2, 0.25) is 0 Å². The number of benzene rings is 4. The van der Waals surface area contributed by atoms with E-state index in [2.05, 4.69) is 65.1 Å². The Balaban J connectivity index is 0.880. The molecule has 9 heteroatoms. The number of rotatable bonds is 7. The number of aliphatic hydroxyl groups is 1. The molecule has 1 aliphatic heterocycles. The lowest BCUT2D eigenvalue weighted by Gasteiger charge is -2.76. The summed E-state index contributed by atoms with van der Waals surface area (Å²) in [5, 5.41) is 71.2. The molecule has 324 valence electrons. The molecule has 1 saturated heterocycles. The highest BCUT2D eigenvalue weighted by Crippen LogP contribution is 2.81. The van der Waals surface area contributed by atoms with Crippen LogP contribution in [0.25, 0.3) is 22.9 Å². The van der Waals surface area contributed by atoms with Gasteiger partial charge < -0.3 is 40.9 Å². The standard InChI is InChI=1S/C54H57N3O6/c58-42-22-10-31(25-45(42)61)9-19-38-39-4-1-5-43(59)47(39)49(63)48(62)40(38)20-8-30-6-11-32(12-7-30)41-21-13-33-26-36-3-2-24-53(36)37-17-16-34-14-15-35-18-23-44(60)50(52(34,35)27-37)54(53,51(33)57-41)46-28-55-29-56-46/h1,4-7,9-12,16-19,22-23,25,28-29,33-37,41,44,50-51,57-63H,2-3,8,13-15,20-21,24,26-27H2,(H,55,56). The zero-order valence-electron chi connectivity index (χ0n) is 35.5. The molecule has 6 aliphatic carbocycles. The summed E-state index contributed by atoms with van der Waals surface area (Å²) in [7, 11) is 0. The van der Waals surface area contributed by atoms with Gasteiger partial charge in [0.1, 0.15) is 5.75 Å². The molecule has 12 rings (SSSR count). The van der Waals surface area contributed by atoms with Crippen molar-refractivity contribution in [3.63, 3.8) is 0 Å². The van der Waals surface area contributed by atoms with Crippen LogP contribution in [0, 0.1) is 46.3 Å². The molecule has 4 saturated carbocycles. The van der Waals surface area contributed by atoms with E-state index >= 15 is 0 Å². The summed E-state index contributed by atoms with van der Waals surface area (Å²) in [4.78, 5) is 8.55. The van der Waals surface area contributed by atoms with E-state index in [1.165, 1.54) is 74.4 Å². The lowest BCUT2D eigenvalue weighted by atomic mass is 9.29. The predicted molar refractivity (Wildman–Crippen MR) is 243 cm³/mol. The molecule has 8 N–H and O–H groups in total. The normalized spacial score (nSPS) is 36.0. The van der Waals surface area contributed by atoms with Gasteiger partial charge in [0.15, 0.2) is 23.0 Å². The number of piperidine rings is 1. The first-order valence-electron chi connectivity index (χ1n) is 23.4. The number of aromatic amines is 1. The monoisotopic (exact) mass is 843 g/mol. The molecular formula is C54H57N3O6. The van der Waals surface area contributed by atoms with Gasteiger partial charge in [0.2, 0.25) is 0 Å². The summed E-state index contributed by atoms with van der Waals surface area (Å²) >= 11 is 0. The molecule has 1 aromatic heterocycles. The van der Waals surface area contributed by atoms with Crippen LogP contribution in [-0.2, 0) is 18.3 Å². The predicted octanol–water partition coefficient (Wildman–Crippen LogP) is 9.73. The molecule has 12 atom stereocenters. The van der Waals surface area contributed by atoms with Crippen molar-refractivity contribution < 1.29 is 30.6 Å². The molecular weight excluding hydrogens is 787 g/mol. The Labute approximate surface area is 368 Å². The van der Waals surface area contributed by atoms with E-state index in [1.54, 1.807) is 18.2 Å². The van der Waals surface area contributed by atoms with Crippen LogP contribution in [-0.4, -0.2) is 52.8 Å². The van der Waals surface area contributed by atoms with E-state index in [-0.39, 0.29) is 68.4 Å². The molecule has 2 spiro atoms. The summed E-state index contributed by atoms with van der Waals surface area (Å²) in [6, 6.07) is 18.8. The van der Waals surface area contributed by atoms with Crippen molar-refractivity contribution in [1.82, 2.24) is 15.3 Å². The number of fused-ring (bicyclic) bond motifs is 5. The first-order chi connectivity index (χ1) is 30.6. The molecule has 12 unspecified atom stereocenters. The number of phenolic OH excluding ortho intramolecular Hbond substituents is 5. The van der Waals surface area contributed by atoms with Gasteiger partial charge in [0, 0.05) is 40.9 Å². The second kappa shape index (κ2) is 14.2. The largest absolute Gasteiger partial charge is 0.507 e. The summed E-state index contributed by atoms with van der Waals surface area (Å²) in [6.45, 7) is 0. The lowest BCUT2D eigenvalue weighted by molar-refractivity contribution is -0.226. The highest BCUT2D eigenvalue weighted by atomic mass is 16.3. The summed E-state index contributed by atoms with van der Waals surface area (Å²) in [6.07, 6.45) is 28.7. The van der Waals surface area contributed by atoms with Crippen molar-refractivity contribution in [3.8, 4) is 28.7 Å². The summed E-state index contributed by atoms with van der Waals surface area (Å²) in [5.41, 5.74) is 5.21. The van der Waals surface area contributed by atoms with Crippen LogP contribution in [0.3, 0.4) is 0 Å². The minimum absolute atomic E-state index is 0.0377. The topological polar surface area (TPSA) is 162 Å². The van der Waals surface area contributed by atoms with Crippen molar-refractivity contribution in [1.29, 1.82) is 0 Å². The number of phenols is 5. The summed E-state index contributed by atoms with van der Waals surface area (Å²) in [5.74, 6) is 1.46.